The number of aromatic hydroxyl groups is 1. The molecule has 338 valence electrons. The molecule has 0 saturated heterocycles. The van der Waals surface area contributed by atoms with E-state index in [1.54, 1.807) is 58.8 Å². The van der Waals surface area contributed by atoms with E-state index in [1.807, 2.05) is 24.3 Å². The number of likely N-dealkylation sites (N-methyl/N-ethyl adjacent to an activating group) is 2. The second-order valence-electron chi connectivity index (χ2n) is 16.4. The summed E-state index contributed by atoms with van der Waals surface area (Å²) in [6.07, 6.45) is 3.37. The molecular formula is C53H56N2O10. The highest BCUT2D eigenvalue weighted by Gasteiger charge is 2.35. The van der Waals surface area contributed by atoms with Crippen molar-refractivity contribution < 1.29 is 47.8 Å². The summed E-state index contributed by atoms with van der Waals surface area (Å²) in [4.78, 5) is 17.2. The Balaban J connectivity index is 0.000000254. The molecule has 4 aliphatic heterocycles. The maximum atomic E-state index is 12.4. The summed E-state index contributed by atoms with van der Waals surface area (Å²) in [6.45, 7) is 1.86. The summed E-state index contributed by atoms with van der Waals surface area (Å²) in [5.41, 5.74) is 7.77. The van der Waals surface area contributed by atoms with Gasteiger partial charge < -0.3 is 43.0 Å². The van der Waals surface area contributed by atoms with Crippen LogP contribution in [0.4, 0.5) is 0 Å². The number of nitrogens with zero attached hydrogens (tertiary/aromatic N) is 2. The molecule has 6 bridgehead atoms. The molecule has 6 aromatic rings. The van der Waals surface area contributed by atoms with Crippen molar-refractivity contribution in [1.29, 1.82) is 0 Å². The number of ether oxygens (including phenoxy) is 8. The lowest BCUT2D eigenvalue weighted by atomic mass is 9.87. The van der Waals surface area contributed by atoms with E-state index in [1.165, 1.54) is 42.5 Å². The van der Waals surface area contributed by atoms with Crippen LogP contribution >= 0.6 is 0 Å². The predicted molar refractivity (Wildman–Crippen MR) is 249 cm³/mol. The quantitative estimate of drug-likeness (QED) is 0.147. The van der Waals surface area contributed by atoms with Crippen molar-refractivity contribution >= 4 is 5.78 Å². The maximum Gasteiger partial charge on any atom is 0.204 e. The Morgan fingerprint density at radius 2 is 1.23 bits per heavy atom. The van der Waals surface area contributed by atoms with Gasteiger partial charge in [0.1, 0.15) is 28.6 Å². The van der Waals surface area contributed by atoms with E-state index in [0.717, 1.165) is 55.6 Å². The minimum atomic E-state index is -0.294. The topological polar surface area (TPSA) is 118 Å². The third-order valence-electron chi connectivity index (χ3n) is 12.6. The lowest BCUT2D eigenvalue weighted by molar-refractivity contribution is 0.103. The molecule has 65 heavy (non-hydrogen) atoms. The van der Waals surface area contributed by atoms with Gasteiger partial charge in [0.2, 0.25) is 11.5 Å². The zero-order valence-corrected chi connectivity index (χ0v) is 38.2. The van der Waals surface area contributed by atoms with Crippen molar-refractivity contribution in [3.05, 3.63) is 148 Å². The van der Waals surface area contributed by atoms with Crippen molar-refractivity contribution in [3.63, 3.8) is 0 Å². The lowest BCUT2D eigenvalue weighted by Gasteiger charge is -2.37. The second-order valence-corrected chi connectivity index (χ2v) is 16.4. The highest BCUT2D eigenvalue weighted by molar-refractivity contribution is 6.12. The average Bonchev–Trinajstić information content (AvgIpc) is 3.33. The number of benzene rings is 6. The van der Waals surface area contributed by atoms with Crippen LogP contribution in [-0.2, 0) is 25.7 Å². The summed E-state index contributed by atoms with van der Waals surface area (Å²) in [7, 11) is 14.0. The molecule has 12 heteroatoms. The first-order valence-corrected chi connectivity index (χ1v) is 21.6. The number of rotatable bonds is 8. The molecule has 4 heterocycles. The predicted octanol–water partition coefficient (Wildman–Crippen LogP) is 9.80. The van der Waals surface area contributed by atoms with Crippen molar-refractivity contribution in [3.8, 4) is 63.2 Å². The van der Waals surface area contributed by atoms with E-state index in [0.29, 0.717) is 51.6 Å². The average molecular weight is 881 g/mol. The van der Waals surface area contributed by atoms with Gasteiger partial charge in [-0.2, -0.15) is 0 Å². The molecule has 0 aromatic heterocycles. The third kappa shape index (κ3) is 9.09. The summed E-state index contributed by atoms with van der Waals surface area (Å²) in [6, 6.07) is 32.9. The van der Waals surface area contributed by atoms with E-state index < -0.39 is 0 Å². The molecule has 0 radical (unpaired) electrons. The van der Waals surface area contributed by atoms with Gasteiger partial charge in [-0.25, -0.2) is 0 Å². The fourth-order valence-electron chi connectivity index (χ4n) is 9.09. The fraction of sp³-hybridized carbons (Fsp3) is 0.302. The van der Waals surface area contributed by atoms with Crippen LogP contribution in [0.5, 0.6) is 63.2 Å². The maximum absolute atomic E-state index is 12.4. The highest BCUT2D eigenvalue weighted by atomic mass is 16.5. The van der Waals surface area contributed by atoms with Gasteiger partial charge in [0.25, 0.3) is 0 Å². The summed E-state index contributed by atoms with van der Waals surface area (Å²) in [5.74, 6) is 5.67. The molecule has 0 amide bonds. The van der Waals surface area contributed by atoms with Gasteiger partial charge in [0.15, 0.2) is 34.5 Å². The Morgan fingerprint density at radius 3 is 1.91 bits per heavy atom. The lowest BCUT2D eigenvalue weighted by Crippen LogP contribution is -2.34. The Morgan fingerprint density at radius 1 is 0.600 bits per heavy atom. The molecule has 2 atom stereocenters. The van der Waals surface area contributed by atoms with Crippen molar-refractivity contribution in [1.82, 2.24) is 9.80 Å². The molecular weight excluding hydrogens is 825 g/mol. The summed E-state index contributed by atoms with van der Waals surface area (Å²) in [5, 5.41) is 9.99. The number of ketones is 1. The van der Waals surface area contributed by atoms with Crippen LogP contribution in [0, 0.1) is 0 Å². The molecule has 10 rings (SSSR count). The van der Waals surface area contributed by atoms with Gasteiger partial charge in [-0.15, -0.1) is 0 Å². The third-order valence-corrected chi connectivity index (χ3v) is 12.6. The molecule has 0 fully saturated rings. The molecule has 4 aliphatic rings. The molecule has 1 N–H and O–H groups in total. The van der Waals surface area contributed by atoms with Gasteiger partial charge in [-0.05, 0) is 110 Å². The van der Waals surface area contributed by atoms with Crippen LogP contribution < -0.4 is 37.9 Å². The van der Waals surface area contributed by atoms with Crippen LogP contribution in [0.2, 0.25) is 0 Å². The summed E-state index contributed by atoms with van der Waals surface area (Å²) < 4.78 is 47.3. The van der Waals surface area contributed by atoms with Crippen LogP contribution in [0.3, 0.4) is 0 Å². The minimum absolute atomic E-state index is 0.000437. The van der Waals surface area contributed by atoms with Gasteiger partial charge in [0.05, 0.1) is 42.7 Å². The molecule has 0 aliphatic carbocycles. The van der Waals surface area contributed by atoms with Crippen LogP contribution in [0.25, 0.3) is 0 Å². The van der Waals surface area contributed by atoms with Gasteiger partial charge in [-0.1, -0.05) is 48.5 Å². The fourth-order valence-corrected chi connectivity index (χ4v) is 9.09. The smallest absolute Gasteiger partial charge is 0.204 e. The first kappa shape index (κ1) is 44.7. The zero-order valence-electron chi connectivity index (χ0n) is 38.2. The number of methoxy groups -OCH3 is 6. The minimum Gasteiger partial charge on any atom is -0.507 e. The molecule has 0 spiro atoms. The second kappa shape index (κ2) is 19.5. The Bertz CT molecular complexity index is 2670. The Hall–Kier alpha value is -6.89. The number of fused-ring (bicyclic) bond motifs is 2. The van der Waals surface area contributed by atoms with Gasteiger partial charge >= 0.3 is 0 Å². The number of phenols is 1. The van der Waals surface area contributed by atoms with Crippen LogP contribution in [0.1, 0.15) is 61.4 Å². The number of carbonyl (C=O) groups excluding carboxylic acids is 1. The SMILES string of the molecule is COc1cc(O)c(C(=O)c2ccccc2)c(OC)c1.COc1ccc2cc1Oc1ccc(cc1)CC1c3cc(c(OC)cc3CCN1C)Oc1c(OC)c(OC)cc3c1C(C2)N(C)CC3. The van der Waals surface area contributed by atoms with Gasteiger partial charge in [0, 0.05) is 48.4 Å². The Labute approximate surface area is 380 Å². The van der Waals surface area contributed by atoms with Gasteiger partial charge in [-0.3, -0.25) is 14.6 Å². The molecule has 12 nitrogen and oxygen atoms in total. The zero-order chi connectivity index (χ0) is 45.8. The van der Waals surface area contributed by atoms with Crippen LogP contribution in [0.15, 0.2) is 103 Å². The monoisotopic (exact) mass is 880 g/mol. The largest absolute Gasteiger partial charge is 0.507 e. The summed E-state index contributed by atoms with van der Waals surface area (Å²) >= 11 is 0. The first-order valence-electron chi connectivity index (χ1n) is 21.6. The molecule has 6 aromatic carbocycles. The number of carbonyl (C=O) groups is 1. The van der Waals surface area contributed by atoms with E-state index in [2.05, 4.69) is 66.4 Å². The number of hydrogen-bond donors (Lipinski definition) is 1. The molecule has 2 unspecified atom stereocenters. The standard InChI is InChI=1S/C38H42N2O6.C15H14O4/c1-39-15-13-25-20-32(42-4)34-22-28(25)29(39)17-23-7-10-27(11-8-23)45-33-19-24(9-12-31(33)41-3)18-30-36-26(14-16-40(30)2)21-35(43-5)37(44-6)38(36)46-34;1-18-11-8-12(16)14(13(9-11)19-2)15(17)10-6-4-3-5-7-10/h7-12,19-22,29-30H,13-18H2,1-6H3;3-9,16H,1-2H3. The highest BCUT2D eigenvalue weighted by Crippen LogP contribution is 2.52. The first-order chi connectivity index (χ1) is 31.6. The van der Waals surface area contributed by atoms with Crippen molar-refractivity contribution in [2.75, 3.05) is 69.8 Å². The van der Waals surface area contributed by atoms with Crippen molar-refractivity contribution in [2.24, 2.45) is 0 Å². The number of hydrogen-bond acceptors (Lipinski definition) is 12. The Kier molecular flexibility index (Phi) is 13.4. The molecule has 0 saturated carbocycles. The normalized spacial score (nSPS) is 16.5. The van der Waals surface area contributed by atoms with E-state index in [-0.39, 0.29) is 34.9 Å². The number of phenolic OH excluding ortho intramolecular Hbond substituents is 1. The van der Waals surface area contributed by atoms with E-state index >= 15 is 0 Å². The van der Waals surface area contributed by atoms with Crippen LogP contribution in [-0.4, -0.2) is 90.5 Å². The van der Waals surface area contributed by atoms with E-state index in [4.69, 9.17) is 37.9 Å². The van der Waals surface area contributed by atoms with Crippen molar-refractivity contribution in [2.45, 2.75) is 37.8 Å². The van der Waals surface area contributed by atoms with E-state index in [9.17, 15) is 9.90 Å².